The minimum Gasteiger partial charge on any atom is -0.490 e. The average Bonchev–Trinajstić information content (AvgIpc) is 3.03. The molecule has 3 rings (SSSR count). The maximum Gasteiger partial charge on any atom is 0.174 e. The Hall–Kier alpha value is -2.83. The molecule has 26 heavy (non-hydrogen) atoms. The molecular weight excluding hydrogens is 346 g/mol. The number of nitriles is 2. The lowest BCUT2D eigenvalue weighted by molar-refractivity contribution is 0.298. The summed E-state index contributed by atoms with van der Waals surface area (Å²) in [6.45, 7) is 2.36. The van der Waals surface area contributed by atoms with Gasteiger partial charge in [0, 0.05) is 11.1 Å². The first-order chi connectivity index (χ1) is 12.8. The highest BCUT2D eigenvalue weighted by molar-refractivity contribution is 7.16. The van der Waals surface area contributed by atoms with Crippen molar-refractivity contribution in [1.29, 1.82) is 10.5 Å². The lowest BCUT2D eigenvalue weighted by Crippen LogP contribution is -2.00. The van der Waals surface area contributed by atoms with E-state index in [0.29, 0.717) is 18.1 Å². The van der Waals surface area contributed by atoms with Gasteiger partial charge in [-0.05, 0) is 61.9 Å². The molecule has 0 saturated heterocycles. The third-order valence-corrected chi connectivity index (χ3v) is 5.36. The molecule has 0 amide bonds. The van der Waals surface area contributed by atoms with Gasteiger partial charge in [-0.2, -0.15) is 10.5 Å². The van der Waals surface area contributed by atoms with Gasteiger partial charge in [-0.25, -0.2) is 4.99 Å². The fourth-order valence-corrected chi connectivity index (χ4v) is 4.18. The molecule has 1 aliphatic rings. The molecule has 1 aromatic heterocycles. The summed E-state index contributed by atoms with van der Waals surface area (Å²) in [6, 6.07) is 9.74. The van der Waals surface area contributed by atoms with Crippen molar-refractivity contribution in [2.75, 3.05) is 13.2 Å². The lowest BCUT2D eigenvalue weighted by atomic mass is 9.96. The molecule has 0 bridgehead atoms. The molecule has 0 saturated carbocycles. The Labute approximate surface area is 157 Å². The second-order valence-corrected chi connectivity index (χ2v) is 6.93. The van der Waals surface area contributed by atoms with Crippen LogP contribution in [-0.2, 0) is 12.8 Å². The van der Waals surface area contributed by atoms with Crippen LogP contribution in [0.2, 0.25) is 0 Å². The van der Waals surface area contributed by atoms with Gasteiger partial charge in [-0.3, -0.25) is 0 Å². The fraction of sp³-hybridized carbons (Fsp3) is 0.350. The van der Waals surface area contributed by atoms with Crippen LogP contribution in [0.4, 0.5) is 5.00 Å². The summed E-state index contributed by atoms with van der Waals surface area (Å²) in [7, 11) is 0. The number of ether oxygens (including phenoxy) is 2. The van der Waals surface area contributed by atoms with Crippen LogP contribution in [0.15, 0.2) is 23.2 Å². The van der Waals surface area contributed by atoms with Crippen LogP contribution in [0.25, 0.3) is 0 Å². The first-order valence-corrected chi connectivity index (χ1v) is 9.43. The van der Waals surface area contributed by atoms with Gasteiger partial charge in [0.15, 0.2) is 18.1 Å². The molecule has 132 valence electrons. The number of rotatable bonds is 6. The standard InChI is InChI=1S/C20H19N3O2S/c1-2-24-18-11-14(7-8-17(18)25-10-9-21)13-23-20-16(12-22)15-5-3-4-6-19(15)26-20/h7-8,11,13H,2-6,10H2,1H3. The van der Waals surface area contributed by atoms with Crippen LogP contribution < -0.4 is 9.47 Å². The SMILES string of the molecule is CCOc1cc(C=Nc2sc3c(c2C#N)CCCC3)ccc1OCC#N. The van der Waals surface area contributed by atoms with Crippen molar-refractivity contribution in [3.05, 3.63) is 39.8 Å². The third-order valence-electron chi connectivity index (χ3n) is 4.16. The number of thiophene rings is 1. The van der Waals surface area contributed by atoms with Crippen molar-refractivity contribution in [2.45, 2.75) is 32.6 Å². The van der Waals surface area contributed by atoms with Crippen molar-refractivity contribution >= 4 is 22.6 Å². The van der Waals surface area contributed by atoms with Gasteiger partial charge in [0.25, 0.3) is 0 Å². The highest BCUT2D eigenvalue weighted by Crippen LogP contribution is 2.39. The smallest absolute Gasteiger partial charge is 0.174 e. The van der Waals surface area contributed by atoms with E-state index >= 15 is 0 Å². The van der Waals surface area contributed by atoms with Gasteiger partial charge in [0.2, 0.25) is 0 Å². The summed E-state index contributed by atoms with van der Waals surface area (Å²) in [5.74, 6) is 1.12. The van der Waals surface area contributed by atoms with Crippen LogP contribution in [-0.4, -0.2) is 19.4 Å². The molecule has 2 aromatic rings. The lowest BCUT2D eigenvalue weighted by Gasteiger charge is -2.10. The number of nitrogens with zero attached hydrogens (tertiary/aromatic N) is 3. The zero-order valence-electron chi connectivity index (χ0n) is 14.6. The van der Waals surface area contributed by atoms with E-state index in [9.17, 15) is 5.26 Å². The van der Waals surface area contributed by atoms with Crippen molar-refractivity contribution in [3.63, 3.8) is 0 Å². The van der Waals surface area contributed by atoms with E-state index < -0.39 is 0 Å². The van der Waals surface area contributed by atoms with Crippen LogP contribution in [0.3, 0.4) is 0 Å². The monoisotopic (exact) mass is 365 g/mol. The van der Waals surface area contributed by atoms with E-state index in [1.54, 1.807) is 23.6 Å². The first kappa shape index (κ1) is 18.0. The van der Waals surface area contributed by atoms with Gasteiger partial charge < -0.3 is 9.47 Å². The Morgan fingerprint density at radius 2 is 2.04 bits per heavy atom. The van der Waals surface area contributed by atoms with Crippen LogP contribution in [0, 0.1) is 22.7 Å². The number of aliphatic imine (C=N–C) groups is 1. The largest absolute Gasteiger partial charge is 0.490 e. The van der Waals surface area contributed by atoms with E-state index in [0.717, 1.165) is 35.4 Å². The van der Waals surface area contributed by atoms with Crippen molar-refractivity contribution < 1.29 is 9.47 Å². The van der Waals surface area contributed by atoms with E-state index in [1.807, 2.05) is 25.1 Å². The minimum absolute atomic E-state index is 0.0280. The van der Waals surface area contributed by atoms with Gasteiger partial charge in [-0.1, -0.05) is 0 Å². The van der Waals surface area contributed by atoms with Gasteiger partial charge in [-0.15, -0.1) is 11.3 Å². The molecule has 0 N–H and O–H groups in total. The van der Waals surface area contributed by atoms with Gasteiger partial charge in [0.1, 0.15) is 17.1 Å². The topological polar surface area (TPSA) is 78.4 Å². The summed E-state index contributed by atoms with van der Waals surface area (Å²) in [4.78, 5) is 5.87. The van der Waals surface area contributed by atoms with Gasteiger partial charge >= 0.3 is 0 Å². The molecule has 1 aliphatic carbocycles. The minimum atomic E-state index is -0.0280. The Balaban J connectivity index is 1.87. The molecule has 0 radical (unpaired) electrons. The average molecular weight is 365 g/mol. The molecule has 0 fully saturated rings. The van der Waals surface area contributed by atoms with Crippen molar-refractivity contribution in [1.82, 2.24) is 0 Å². The molecule has 0 aliphatic heterocycles. The molecule has 0 atom stereocenters. The van der Waals surface area contributed by atoms with E-state index in [1.165, 1.54) is 16.9 Å². The van der Waals surface area contributed by atoms with Crippen LogP contribution in [0.1, 0.15) is 41.3 Å². The zero-order chi connectivity index (χ0) is 18.4. The maximum absolute atomic E-state index is 9.51. The summed E-state index contributed by atoms with van der Waals surface area (Å²) in [6.07, 6.45) is 6.09. The predicted octanol–water partition coefficient (Wildman–Crippen LogP) is 4.55. The highest BCUT2D eigenvalue weighted by atomic mass is 32.1. The van der Waals surface area contributed by atoms with Gasteiger partial charge in [0.05, 0.1) is 12.2 Å². The fourth-order valence-electron chi connectivity index (χ4n) is 2.99. The molecular formula is C20H19N3O2S. The Morgan fingerprint density at radius 1 is 1.19 bits per heavy atom. The molecule has 0 spiro atoms. The summed E-state index contributed by atoms with van der Waals surface area (Å²) in [5.41, 5.74) is 2.76. The number of benzene rings is 1. The zero-order valence-corrected chi connectivity index (χ0v) is 15.4. The van der Waals surface area contributed by atoms with E-state index in [-0.39, 0.29) is 6.61 Å². The summed E-state index contributed by atoms with van der Waals surface area (Å²) < 4.78 is 11.0. The van der Waals surface area contributed by atoms with Crippen molar-refractivity contribution in [2.24, 2.45) is 4.99 Å². The van der Waals surface area contributed by atoms with E-state index in [4.69, 9.17) is 14.7 Å². The van der Waals surface area contributed by atoms with E-state index in [2.05, 4.69) is 11.1 Å². The molecule has 1 aromatic carbocycles. The molecule has 6 heteroatoms. The second-order valence-electron chi connectivity index (χ2n) is 5.85. The molecule has 1 heterocycles. The first-order valence-electron chi connectivity index (χ1n) is 8.62. The molecule has 0 unspecified atom stereocenters. The summed E-state index contributed by atoms with van der Waals surface area (Å²) in [5, 5.41) is 19.0. The number of aryl methyl sites for hydroxylation is 1. The number of hydrogen-bond donors (Lipinski definition) is 0. The Kier molecular flexibility index (Phi) is 5.88. The maximum atomic E-state index is 9.51. The summed E-state index contributed by atoms with van der Waals surface area (Å²) >= 11 is 1.62. The quantitative estimate of drug-likeness (QED) is 0.704. The predicted molar refractivity (Wildman–Crippen MR) is 102 cm³/mol. The Morgan fingerprint density at radius 3 is 2.81 bits per heavy atom. The van der Waals surface area contributed by atoms with Crippen LogP contribution >= 0.6 is 11.3 Å². The molecule has 5 nitrogen and oxygen atoms in total. The normalized spacial score (nSPS) is 13.0. The second kappa shape index (κ2) is 8.51. The Bertz CT molecular complexity index is 903. The highest BCUT2D eigenvalue weighted by Gasteiger charge is 2.20. The number of fused-ring (bicyclic) bond motifs is 1. The van der Waals surface area contributed by atoms with Crippen molar-refractivity contribution in [3.8, 4) is 23.6 Å². The number of hydrogen-bond acceptors (Lipinski definition) is 6. The third kappa shape index (κ3) is 3.87. The van der Waals surface area contributed by atoms with Crippen LogP contribution in [0.5, 0.6) is 11.5 Å².